The van der Waals surface area contributed by atoms with Crippen molar-refractivity contribution >= 4 is 17.6 Å². The fourth-order valence-corrected chi connectivity index (χ4v) is 1.57. The number of benzene rings is 1. The summed E-state index contributed by atoms with van der Waals surface area (Å²) < 4.78 is 4.88. The Kier molecular flexibility index (Phi) is 4.33. The molecule has 1 aromatic carbocycles. The summed E-state index contributed by atoms with van der Waals surface area (Å²) in [5.74, 6) is -0.289. The third kappa shape index (κ3) is 3.51. The van der Waals surface area contributed by atoms with Crippen LogP contribution in [0, 0.1) is 0 Å². The molecule has 0 fully saturated rings. The zero-order valence-corrected chi connectivity index (χ0v) is 10.3. The van der Waals surface area contributed by atoms with Crippen LogP contribution in [0.4, 0.5) is 0 Å². The quantitative estimate of drug-likeness (QED) is 0.824. The predicted molar refractivity (Wildman–Crippen MR) is 64.2 cm³/mol. The molecule has 0 bridgehead atoms. The molecule has 1 aromatic rings. The van der Waals surface area contributed by atoms with E-state index in [-0.39, 0.29) is 12.4 Å². The number of carbonyl (C=O) groups is 1. The zero-order valence-electron chi connectivity index (χ0n) is 9.50. The fourth-order valence-electron chi connectivity index (χ4n) is 1.44. The number of hydrogen-bond acceptors (Lipinski definition) is 3. The maximum absolute atomic E-state index is 11.4. The van der Waals surface area contributed by atoms with Gasteiger partial charge in [-0.1, -0.05) is 23.7 Å². The smallest absolute Gasteiger partial charge is 0.307 e. The highest BCUT2D eigenvalue weighted by Crippen LogP contribution is 2.23. The van der Waals surface area contributed by atoms with Gasteiger partial charge in [-0.05, 0) is 31.5 Å². The van der Waals surface area contributed by atoms with Crippen LogP contribution in [0.1, 0.15) is 25.8 Å². The molecule has 0 saturated heterocycles. The van der Waals surface area contributed by atoms with Crippen LogP contribution in [-0.2, 0) is 15.1 Å². The van der Waals surface area contributed by atoms with E-state index in [0.717, 1.165) is 5.56 Å². The standard InChI is InChI=1S/C12H16ClNO2/c1-3-16-11(15)8-12(2,14)9-4-6-10(13)7-5-9/h4-7H,3,8,14H2,1-2H3. The second-order valence-electron chi connectivity index (χ2n) is 3.91. The maximum Gasteiger partial charge on any atom is 0.307 e. The molecule has 1 atom stereocenters. The molecule has 16 heavy (non-hydrogen) atoms. The fraction of sp³-hybridized carbons (Fsp3) is 0.417. The minimum atomic E-state index is -0.725. The van der Waals surface area contributed by atoms with Crippen molar-refractivity contribution in [2.75, 3.05) is 6.61 Å². The molecule has 0 aliphatic carbocycles. The van der Waals surface area contributed by atoms with E-state index in [2.05, 4.69) is 0 Å². The van der Waals surface area contributed by atoms with Crippen LogP contribution in [0.25, 0.3) is 0 Å². The van der Waals surface area contributed by atoms with Crippen molar-refractivity contribution in [2.45, 2.75) is 25.8 Å². The first-order valence-corrected chi connectivity index (χ1v) is 5.54. The molecule has 2 N–H and O–H groups in total. The Morgan fingerprint density at radius 2 is 2.00 bits per heavy atom. The number of nitrogens with two attached hydrogens (primary N) is 1. The monoisotopic (exact) mass is 241 g/mol. The van der Waals surface area contributed by atoms with E-state index in [4.69, 9.17) is 22.1 Å². The van der Waals surface area contributed by atoms with Gasteiger partial charge in [-0.25, -0.2) is 0 Å². The zero-order chi connectivity index (χ0) is 12.2. The van der Waals surface area contributed by atoms with Gasteiger partial charge in [0, 0.05) is 10.6 Å². The molecule has 0 aromatic heterocycles. The Balaban J connectivity index is 2.76. The van der Waals surface area contributed by atoms with Crippen molar-refractivity contribution in [1.82, 2.24) is 0 Å². The Hall–Kier alpha value is -1.06. The lowest BCUT2D eigenvalue weighted by Gasteiger charge is -2.24. The lowest BCUT2D eigenvalue weighted by molar-refractivity contribution is -0.144. The molecule has 0 heterocycles. The minimum absolute atomic E-state index is 0.155. The summed E-state index contributed by atoms with van der Waals surface area (Å²) in [7, 11) is 0. The van der Waals surface area contributed by atoms with E-state index in [1.165, 1.54) is 0 Å². The van der Waals surface area contributed by atoms with Crippen molar-refractivity contribution in [3.63, 3.8) is 0 Å². The molecule has 0 saturated carbocycles. The lowest BCUT2D eigenvalue weighted by atomic mass is 9.90. The molecule has 4 heteroatoms. The Morgan fingerprint density at radius 3 is 2.50 bits per heavy atom. The summed E-state index contributed by atoms with van der Waals surface area (Å²) in [5, 5.41) is 0.649. The summed E-state index contributed by atoms with van der Waals surface area (Å²) in [6, 6.07) is 7.16. The van der Waals surface area contributed by atoms with E-state index in [1.54, 1.807) is 26.0 Å². The van der Waals surface area contributed by atoms with Gasteiger partial charge in [-0.15, -0.1) is 0 Å². The van der Waals surface area contributed by atoms with Gasteiger partial charge in [0.1, 0.15) is 0 Å². The van der Waals surface area contributed by atoms with Crippen LogP contribution in [0.15, 0.2) is 24.3 Å². The van der Waals surface area contributed by atoms with Crippen molar-refractivity contribution in [3.05, 3.63) is 34.9 Å². The van der Waals surface area contributed by atoms with Crippen molar-refractivity contribution in [3.8, 4) is 0 Å². The van der Waals surface area contributed by atoms with Gasteiger partial charge < -0.3 is 10.5 Å². The molecule has 0 amide bonds. The van der Waals surface area contributed by atoms with Crippen LogP contribution in [0.3, 0.4) is 0 Å². The van der Waals surface area contributed by atoms with Gasteiger partial charge in [-0.2, -0.15) is 0 Å². The molecular formula is C12H16ClNO2. The first-order valence-electron chi connectivity index (χ1n) is 5.16. The molecule has 0 aliphatic rings. The first kappa shape index (κ1) is 13.0. The van der Waals surface area contributed by atoms with E-state index < -0.39 is 5.54 Å². The number of carbonyl (C=O) groups excluding carboxylic acids is 1. The predicted octanol–water partition coefficient (Wildman–Crippen LogP) is 2.47. The summed E-state index contributed by atoms with van der Waals surface area (Å²) in [5.41, 5.74) is 6.22. The van der Waals surface area contributed by atoms with Crippen LogP contribution in [-0.4, -0.2) is 12.6 Å². The van der Waals surface area contributed by atoms with Crippen LogP contribution >= 0.6 is 11.6 Å². The molecular weight excluding hydrogens is 226 g/mol. The maximum atomic E-state index is 11.4. The Labute approximate surface area is 101 Å². The van der Waals surface area contributed by atoms with E-state index >= 15 is 0 Å². The number of rotatable bonds is 4. The second-order valence-corrected chi connectivity index (χ2v) is 4.34. The van der Waals surface area contributed by atoms with Gasteiger partial charge in [-0.3, -0.25) is 4.79 Å². The average molecular weight is 242 g/mol. The third-order valence-corrected chi connectivity index (χ3v) is 2.57. The van der Waals surface area contributed by atoms with Gasteiger partial charge in [0.2, 0.25) is 0 Å². The summed E-state index contributed by atoms with van der Waals surface area (Å²) in [4.78, 5) is 11.4. The van der Waals surface area contributed by atoms with E-state index in [1.807, 2.05) is 12.1 Å². The second kappa shape index (κ2) is 5.32. The average Bonchev–Trinajstić information content (AvgIpc) is 2.17. The molecule has 1 rings (SSSR count). The topological polar surface area (TPSA) is 52.3 Å². The van der Waals surface area contributed by atoms with Crippen molar-refractivity contribution in [2.24, 2.45) is 5.73 Å². The summed E-state index contributed by atoms with van der Waals surface area (Å²) >= 11 is 5.78. The number of hydrogen-bond donors (Lipinski definition) is 1. The number of halogens is 1. The number of esters is 1. The lowest BCUT2D eigenvalue weighted by Crippen LogP contribution is -2.36. The summed E-state index contributed by atoms with van der Waals surface area (Å²) in [6.45, 7) is 3.94. The van der Waals surface area contributed by atoms with Crippen molar-refractivity contribution in [1.29, 1.82) is 0 Å². The summed E-state index contributed by atoms with van der Waals surface area (Å²) in [6.07, 6.45) is 0.155. The third-order valence-electron chi connectivity index (χ3n) is 2.32. The number of ether oxygens (including phenoxy) is 1. The van der Waals surface area contributed by atoms with Gasteiger partial charge in [0.05, 0.1) is 13.0 Å². The highest BCUT2D eigenvalue weighted by atomic mass is 35.5. The van der Waals surface area contributed by atoms with E-state index in [0.29, 0.717) is 11.6 Å². The van der Waals surface area contributed by atoms with Gasteiger partial charge in [0.15, 0.2) is 0 Å². The normalized spacial score (nSPS) is 14.2. The van der Waals surface area contributed by atoms with Crippen LogP contribution < -0.4 is 5.73 Å². The van der Waals surface area contributed by atoms with Crippen LogP contribution in [0.5, 0.6) is 0 Å². The molecule has 3 nitrogen and oxygen atoms in total. The molecule has 0 aliphatic heterocycles. The first-order chi connectivity index (χ1) is 7.45. The van der Waals surface area contributed by atoms with Gasteiger partial charge in [0.25, 0.3) is 0 Å². The Bertz CT molecular complexity index is 360. The van der Waals surface area contributed by atoms with Crippen LogP contribution in [0.2, 0.25) is 5.02 Å². The molecule has 0 spiro atoms. The molecule has 88 valence electrons. The highest BCUT2D eigenvalue weighted by Gasteiger charge is 2.25. The van der Waals surface area contributed by atoms with E-state index in [9.17, 15) is 4.79 Å². The SMILES string of the molecule is CCOC(=O)CC(C)(N)c1ccc(Cl)cc1. The van der Waals surface area contributed by atoms with Crippen molar-refractivity contribution < 1.29 is 9.53 Å². The highest BCUT2D eigenvalue weighted by molar-refractivity contribution is 6.30. The minimum Gasteiger partial charge on any atom is -0.466 e. The molecule has 0 radical (unpaired) electrons. The van der Waals surface area contributed by atoms with Gasteiger partial charge >= 0.3 is 5.97 Å². The molecule has 1 unspecified atom stereocenters. The Morgan fingerprint density at radius 1 is 1.44 bits per heavy atom. The largest absolute Gasteiger partial charge is 0.466 e.